The van der Waals surface area contributed by atoms with E-state index in [-0.39, 0.29) is 5.71 Å². The second kappa shape index (κ2) is 9.03. The summed E-state index contributed by atoms with van der Waals surface area (Å²) in [5.41, 5.74) is 2.53. The molecule has 3 rings (SSSR count). The Balaban J connectivity index is 2.16. The highest BCUT2D eigenvalue weighted by Crippen LogP contribution is 2.19. The van der Waals surface area contributed by atoms with Crippen LogP contribution in [-0.2, 0) is 4.79 Å². The minimum Gasteiger partial charge on any atom is -0.476 e. The maximum atomic E-state index is 11.7. The molecule has 0 aliphatic heterocycles. The Labute approximate surface area is 162 Å². The topological polar surface area (TPSA) is 85.9 Å². The van der Waals surface area contributed by atoms with E-state index in [0.717, 1.165) is 5.56 Å². The Morgan fingerprint density at radius 1 is 0.679 bits per heavy atom. The molecule has 3 aromatic carbocycles. The van der Waals surface area contributed by atoms with Gasteiger partial charge < -0.3 is 5.11 Å². The zero-order valence-corrected chi connectivity index (χ0v) is 14.9. The van der Waals surface area contributed by atoms with Gasteiger partial charge in [-0.3, -0.25) is 5.41 Å². The van der Waals surface area contributed by atoms with Crippen molar-refractivity contribution in [3.8, 4) is 0 Å². The Morgan fingerprint density at radius 3 is 1.50 bits per heavy atom. The van der Waals surface area contributed by atoms with Crippen LogP contribution in [0, 0.1) is 5.41 Å². The number of hydrogen-bond donors (Lipinski definition) is 2. The molecule has 0 aromatic heterocycles. The van der Waals surface area contributed by atoms with Crippen LogP contribution in [-0.4, -0.2) is 28.4 Å². The summed E-state index contributed by atoms with van der Waals surface area (Å²) in [4.78, 5) is 11.7. The number of carboxylic acids is 1. The van der Waals surface area contributed by atoms with Crippen LogP contribution >= 0.6 is 0 Å². The summed E-state index contributed by atoms with van der Waals surface area (Å²) in [6.07, 6.45) is 0. The van der Waals surface area contributed by atoms with E-state index in [2.05, 4.69) is 16.1 Å². The number of allylic oxidation sites excluding steroid dienone is 1. The lowest BCUT2D eigenvalue weighted by Gasteiger charge is -2.08. The van der Waals surface area contributed by atoms with Crippen LogP contribution in [0.1, 0.15) is 16.7 Å². The van der Waals surface area contributed by atoms with Crippen molar-refractivity contribution in [3.05, 3.63) is 108 Å². The Bertz CT molecular complexity index is 1070. The SMILES string of the molecule is N=C=C(/C(=N\N=C(/C(=O)O)c1ccccc1)c1ccccc1)c1ccccc1. The van der Waals surface area contributed by atoms with Gasteiger partial charge >= 0.3 is 5.97 Å². The van der Waals surface area contributed by atoms with Crippen molar-refractivity contribution < 1.29 is 9.90 Å². The van der Waals surface area contributed by atoms with Crippen molar-refractivity contribution in [1.29, 1.82) is 5.41 Å². The summed E-state index contributed by atoms with van der Waals surface area (Å²) >= 11 is 0. The first-order chi connectivity index (χ1) is 13.7. The molecule has 2 N–H and O–H groups in total. The molecule has 0 amide bonds. The number of carboxylic acid groups (broad SMARTS) is 1. The zero-order valence-electron chi connectivity index (χ0n) is 14.9. The van der Waals surface area contributed by atoms with Crippen molar-refractivity contribution in [3.63, 3.8) is 0 Å². The first-order valence-corrected chi connectivity index (χ1v) is 8.56. The average Bonchev–Trinajstić information content (AvgIpc) is 2.75. The van der Waals surface area contributed by atoms with Crippen molar-refractivity contribution in [2.75, 3.05) is 0 Å². The quantitative estimate of drug-likeness (QED) is 0.503. The summed E-state index contributed by atoms with van der Waals surface area (Å²) in [5, 5.41) is 25.6. The molecule has 0 heterocycles. The molecule has 0 aliphatic carbocycles. The lowest BCUT2D eigenvalue weighted by atomic mass is 9.97. The van der Waals surface area contributed by atoms with Crippen LogP contribution in [0.2, 0.25) is 0 Å². The van der Waals surface area contributed by atoms with E-state index in [1.165, 1.54) is 0 Å². The Hall–Kier alpha value is -4.08. The highest BCUT2D eigenvalue weighted by Gasteiger charge is 2.15. The molecule has 0 unspecified atom stereocenters. The van der Waals surface area contributed by atoms with Crippen LogP contribution in [0.5, 0.6) is 0 Å². The fourth-order valence-corrected chi connectivity index (χ4v) is 2.64. The molecule has 0 aliphatic rings. The molecule has 0 spiro atoms. The largest absolute Gasteiger partial charge is 0.476 e. The van der Waals surface area contributed by atoms with Gasteiger partial charge in [0.2, 0.25) is 0 Å². The van der Waals surface area contributed by atoms with Crippen molar-refractivity contribution >= 4 is 28.8 Å². The molecule has 5 heteroatoms. The first kappa shape index (κ1) is 18.7. The van der Waals surface area contributed by atoms with Crippen LogP contribution in [0.15, 0.2) is 101 Å². The van der Waals surface area contributed by atoms with Gasteiger partial charge in [-0.05, 0) is 11.4 Å². The number of nitrogens with zero attached hydrogens (tertiary/aromatic N) is 2. The second-order valence-corrected chi connectivity index (χ2v) is 5.80. The molecular formula is C23H17N3O2. The third kappa shape index (κ3) is 4.36. The minimum atomic E-state index is -1.18. The molecule has 0 fully saturated rings. The molecule has 0 saturated heterocycles. The van der Waals surface area contributed by atoms with Gasteiger partial charge in [-0.15, -0.1) is 10.2 Å². The van der Waals surface area contributed by atoms with Crippen LogP contribution in [0.3, 0.4) is 0 Å². The van der Waals surface area contributed by atoms with E-state index in [1.807, 2.05) is 60.7 Å². The molecule has 5 nitrogen and oxygen atoms in total. The van der Waals surface area contributed by atoms with E-state index in [1.54, 1.807) is 30.3 Å². The Kier molecular flexibility index (Phi) is 6.03. The van der Waals surface area contributed by atoms with E-state index in [9.17, 15) is 9.90 Å². The van der Waals surface area contributed by atoms with Crippen molar-refractivity contribution in [2.45, 2.75) is 0 Å². The van der Waals surface area contributed by atoms with Gasteiger partial charge in [0.1, 0.15) is 5.71 Å². The second-order valence-electron chi connectivity index (χ2n) is 5.80. The molecule has 136 valence electrons. The van der Waals surface area contributed by atoms with Gasteiger partial charge in [-0.25, -0.2) is 4.79 Å². The monoisotopic (exact) mass is 367 g/mol. The fourth-order valence-electron chi connectivity index (χ4n) is 2.64. The Morgan fingerprint density at radius 2 is 1.07 bits per heavy atom. The average molecular weight is 367 g/mol. The van der Waals surface area contributed by atoms with Gasteiger partial charge in [0.05, 0.1) is 5.57 Å². The van der Waals surface area contributed by atoms with Crippen LogP contribution in [0.4, 0.5) is 0 Å². The smallest absolute Gasteiger partial charge is 0.357 e. The number of carbonyl (C=O) groups is 1. The summed E-state index contributed by atoms with van der Waals surface area (Å²) in [5.74, 6) is 1.25. The van der Waals surface area contributed by atoms with Gasteiger partial charge in [0.15, 0.2) is 5.71 Å². The summed E-state index contributed by atoms with van der Waals surface area (Å²) in [6, 6.07) is 27.1. The number of hydrogen-bond acceptors (Lipinski definition) is 4. The van der Waals surface area contributed by atoms with Gasteiger partial charge in [0, 0.05) is 11.1 Å². The minimum absolute atomic E-state index is 0.175. The van der Waals surface area contributed by atoms with Crippen LogP contribution < -0.4 is 0 Å². The maximum Gasteiger partial charge on any atom is 0.357 e. The van der Waals surface area contributed by atoms with Gasteiger partial charge in [0.25, 0.3) is 0 Å². The first-order valence-electron chi connectivity index (χ1n) is 8.56. The predicted octanol–water partition coefficient (Wildman–Crippen LogP) is 4.30. The normalized spacial score (nSPS) is 11.6. The summed E-state index contributed by atoms with van der Waals surface area (Å²) < 4.78 is 0. The fraction of sp³-hybridized carbons (Fsp3) is 0. The molecule has 0 radical (unpaired) electrons. The molecule has 0 saturated carbocycles. The van der Waals surface area contributed by atoms with E-state index in [0.29, 0.717) is 22.4 Å². The third-order valence-corrected chi connectivity index (χ3v) is 3.97. The zero-order chi connectivity index (χ0) is 19.8. The number of benzene rings is 3. The molecule has 28 heavy (non-hydrogen) atoms. The highest BCUT2D eigenvalue weighted by atomic mass is 16.4. The number of aliphatic carboxylic acids is 1. The van der Waals surface area contributed by atoms with Crippen molar-refractivity contribution in [1.82, 2.24) is 0 Å². The lowest BCUT2D eigenvalue weighted by Crippen LogP contribution is -2.14. The summed E-state index contributed by atoms with van der Waals surface area (Å²) in [7, 11) is 0. The van der Waals surface area contributed by atoms with E-state index >= 15 is 0 Å². The van der Waals surface area contributed by atoms with E-state index < -0.39 is 5.97 Å². The van der Waals surface area contributed by atoms with E-state index in [4.69, 9.17) is 5.41 Å². The van der Waals surface area contributed by atoms with Gasteiger partial charge in [-0.1, -0.05) is 91.0 Å². The highest BCUT2D eigenvalue weighted by molar-refractivity contribution is 6.43. The maximum absolute atomic E-state index is 11.7. The number of rotatable bonds is 6. The molecule has 0 bridgehead atoms. The summed E-state index contributed by atoms with van der Waals surface area (Å²) in [6.45, 7) is 0. The third-order valence-electron chi connectivity index (χ3n) is 3.97. The van der Waals surface area contributed by atoms with Gasteiger partial charge in [-0.2, -0.15) is 0 Å². The lowest BCUT2D eigenvalue weighted by molar-refractivity contribution is -0.129. The molecule has 3 aromatic rings. The van der Waals surface area contributed by atoms with Crippen LogP contribution in [0.25, 0.3) is 5.57 Å². The standard InChI is InChI=1S/C23H17N3O2/c24-16-20(17-10-4-1-5-11-17)21(18-12-6-2-7-13-18)25-26-22(23(27)28)19-14-8-3-9-15-19/h1-15,24H,(H,27,28)/b25-21-,26-22-. The molecular weight excluding hydrogens is 350 g/mol. The predicted molar refractivity (Wildman–Crippen MR) is 111 cm³/mol. The van der Waals surface area contributed by atoms with Crippen molar-refractivity contribution in [2.24, 2.45) is 10.2 Å². The molecule has 0 atom stereocenters. The number of nitrogens with one attached hydrogen (secondary N) is 1.